The maximum Gasteiger partial charge on any atom is 0.244 e. The van der Waals surface area contributed by atoms with Gasteiger partial charge < -0.3 is 5.32 Å². The highest BCUT2D eigenvalue weighted by atomic mass is 16.2. The minimum Gasteiger partial charge on any atom is -0.344 e. The molecule has 0 aliphatic carbocycles. The van der Waals surface area contributed by atoms with Gasteiger partial charge in [0.25, 0.3) is 0 Å². The first-order chi connectivity index (χ1) is 15.1. The molecular formula is C25H25N5O. The van der Waals surface area contributed by atoms with Gasteiger partial charge in [-0.05, 0) is 27.8 Å². The fourth-order valence-corrected chi connectivity index (χ4v) is 3.43. The van der Waals surface area contributed by atoms with Crippen LogP contribution < -0.4 is 5.32 Å². The largest absolute Gasteiger partial charge is 0.344 e. The molecule has 0 saturated heterocycles. The van der Waals surface area contributed by atoms with E-state index in [0.29, 0.717) is 11.7 Å². The van der Waals surface area contributed by atoms with Gasteiger partial charge in [0.1, 0.15) is 6.54 Å². The third-order valence-electron chi connectivity index (χ3n) is 5.14. The summed E-state index contributed by atoms with van der Waals surface area (Å²) in [6.07, 6.45) is 0. The Morgan fingerprint density at radius 1 is 0.839 bits per heavy atom. The third kappa shape index (κ3) is 5.04. The van der Waals surface area contributed by atoms with E-state index in [1.165, 1.54) is 10.4 Å². The monoisotopic (exact) mass is 411 g/mol. The molecule has 0 bridgehead atoms. The van der Waals surface area contributed by atoms with Gasteiger partial charge in [0.05, 0.1) is 6.04 Å². The summed E-state index contributed by atoms with van der Waals surface area (Å²) in [5, 5.41) is 15.6. The second-order valence-electron chi connectivity index (χ2n) is 7.74. The molecule has 1 N–H and O–H groups in total. The number of amides is 1. The molecule has 156 valence electrons. The molecule has 0 aliphatic rings. The van der Waals surface area contributed by atoms with E-state index in [1.807, 2.05) is 72.8 Å². The Kier molecular flexibility index (Phi) is 6.17. The molecule has 0 atom stereocenters. The summed E-state index contributed by atoms with van der Waals surface area (Å²) in [6.45, 7) is 4.30. The number of nitrogens with one attached hydrogen (secondary N) is 1. The van der Waals surface area contributed by atoms with Gasteiger partial charge in [0, 0.05) is 5.56 Å². The first-order valence-corrected chi connectivity index (χ1v) is 10.4. The van der Waals surface area contributed by atoms with Gasteiger partial charge in [-0.1, -0.05) is 98.8 Å². The Balaban J connectivity index is 1.47. The van der Waals surface area contributed by atoms with Gasteiger partial charge in [-0.15, -0.1) is 10.2 Å². The smallest absolute Gasteiger partial charge is 0.244 e. The highest BCUT2D eigenvalue weighted by Crippen LogP contribution is 2.22. The minimum absolute atomic E-state index is 0.00670. The van der Waals surface area contributed by atoms with Gasteiger partial charge in [-0.25, -0.2) is 0 Å². The average molecular weight is 412 g/mol. The Bertz CT molecular complexity index is 1080. The molecular weight excluding hydrogens is 386 g/mol. The van der Waals surface area contributed by atoms with Gasteiger partial charge in [-0.3, -0.25) is 4.79 Å². The fraction of sp³-hybridized carbons (Fsp3) is 0.200. The van der Waals surface area contributed by atoms with E-state index in [4.69, 9.17) is 0 Å². The summed E-state index contributed by atoms with van der Waals surface area (Å²) in [7, 11) is 0. The first-order valence-electron chi connectivity index (χ1n) is 10.4. The number of carbonyl (C=O) groups excluding carboxylic acids is 1. The van der Waals surface area contributed by atoms with Crippen molar-refractivity contribution < 1.29 is 4.79 Å². The van der Waals surface area contributed by atoms with Gasteiger partial charge >= 0.3 is 0 Å². The van der Waals surface area contributed by atoms with Crippen molar-refractivity contribution in [2.75, 3.05) is 0 Å². The number of carbonyl (C=O) groups is 1. The molecule has 0 aliphatic heterocycles. The molecule has 4 aromatic rings. The molecule has 0 radical (unpaired) electrons. The van der Waals surface area contributed by atoms with E-state index in [9.17, 15) is 4.79 Å². The zero-order valence-corrected chi connectivity index (χ0v) is 17.6. The Morgan fingerprint density at radius 3 is 1.97 bits per heavy atom. The van der Waals surface area contributed by atoms with Crippen LogP contribution in [0.25, 0.3) is 11.4 Å². The normalized spacial score (nSPS) is 11.1. The molecule has 0 spiro atoms. The summed E-state index contributed by atoms with van der Waals surface area (Å²) in [5.74, 6) is 0.783. The highest BCUT2D eigenvalue weighted by molar-refractivity contribution is 5.76. The number of aromatic nitrogens is 4. The maximum atomic E-state index is 12.8. The van der Waals surface area contributed by atoms with Crippen molar-refractivity contribution in [2.45, 2.75) is 32.4 Å². The lowest BCUT2D eigenvalue weighted by Crippen LogP contribution is -2.32. The molecule has 6 nitrogen and oxygen atoms in total. The molecule has 0 unspecified atom stereocenters. The van der Waals surface area contributed by atoms with Crippen LogP contribution in [-0.4, -0.2) is 26.1 Å². The van der Waals surface area contributed by atoms with Crippen molar-refractivity contribution in [1.82, 2.24) is 25.5 Å². The third-order valence-corrected chi connectivity index (χ3v) is 5.14. The summed E-state index contributed by atoms with van der Waals surface area (Å²) in [6, 6.07) is 27.7. The van der Waals surface area contributed by atoms with E-state index in [2.05, 4.69) is 46.7 Å². The molecule has 4 rings (SSSR count). The second-order valence-corrected chi connectivity index (χ2v) is 7.74. The van der Waals surface area contributed by atoms with Crippen LogP contribution in [0.3, 0.4) is 0 Å². The molecule has 1 amide bonds. The molecule has 1 heterocycles. The van der Waals surface area contributed by atoms with E-state index in [1.54, 1.807) is 0 Å². The maximum absolute atomic E-state index is 12.8. The number of hydrogen-bond donors (Lipinski definition) is 1. The van der Waals surface area contributed by atoms with Crippen molar-refractivity contribution in [3.8, 4) is 11.4 Å². The van der Waals surface area contributed by atoms with Crippen LogP contribution in [0.15, 0.2) is 84.9 Å². The van der Waals surface area contributed by atoms with Gasteiger partial charge in [0.15, 0.2) is 0 Å². The molecule has 31 heavy (non-hydrogen) atoms. The van der Waals surface area contributed by atoms with Crippen molar-refractivity contribution in [3.05, 3.63) is 102 Å². The predicted molar refractivity (Wildman–Crippen MR) is 120 cm³/mol. The summed E-state index contributed by atoms with van der Waals surface area (Å²) in [4.78, 5) is 14.1. The number of nitrogens with zero attached hydrogens (tertiary/aromatic N) is 4. The van der Waals surface area contributed by atoms with Gasteiger partial charge in [0.2, 0.25) is 11.7 Å². The summed E-state index contributed by atoms with van der Waals surface area (Å²) in [5.41, 5.74) is 4.16. The fourth-order valence-electron chi connectivity index (χ4n) is 3.43. The predicted octanol–water partition coefficient (Wildman–Crippen LogP) is 4.37. The average Bonchev–Trinajstić information content (AvgIpc) is 3.27. The van der Waals surface area contributed by atoms with E-state index < -0.39 is 0 Å². The molecule has 6 heteroatoms. The molecule has 0 fully saturated rings. The van der Waals surface area contributed by atoms with Crippen LogP contribution in [0.4, 0.5) is 0 Å². The van der Waals surface area contributed by atoms with Crippen molar-refractivity contribution in [3.63, 3.8) is 0 Å². The van der Waals surface area contributed by atoms with Crippen molar-refractivity contribution >= 4 is 5.91 Å². The van der Waals surface area contributed by atoms with Crippen molar-refractivity contribution in [2.24, 2.45) is 0 Å². The number of tetrazole rings is 1. The highest BCUT2D eigenvalue weighted by Gasteiger charge is 2.18. The molecule has 0 saturated carbocycles. The number of rotatable bonds is 7. The quantitative estimate of drug-likeness (QED) is 0.490. The molecule has 1 aromatic heterocycles. The van der Waals surface area contributed by atoms with Crippen LogP contribution in [0, 0.1) is 0 Å². The first kappa shape index (κ1) is 20.5. The zero-order chi connectivity index (χ0) is 21.6. The van der Waals surface area contributed by atoms with E-state index >= 15 is 0 Å². The lowest BCUT2D eigenvalue weighted by molar-refractivity contribution is -0.122. The van der Waals surface area contributed by atoms with Crippen LogP contribution in [0.2, 0.25) is 0 Å². The van der Waals surface area contributed by atoms with Crippen LogP contribution in [0.5, 0.6) is 0 Å². The Labute approximate surface area is 181 Å². The Hall–Kier alpha value is -3.80. The number of benzene rings is 3. The van der Waals surface area contributed by atoms with Crippen LogP contribution in [-0.2, 0) is 11.3 Å². The van der Waals surface area contributed by atoms with Crippen LogP contribution in [0.1, 0.15) is 42.5 Å². The minimum atomic E-state index is -0.249. The lowest BCUT2D eigenvalue weighted by Gasteiger charge is -2.19. The number of hydrogen-bond acceptors (Lipinski definition) is 4. The van der Waals surface area contributed by atoms with E-state index in [0.717, 1.165) is 16.7 Å². The van der Waals surface area contributed by atoms with Crippen molar-refractivity contribution in [1.29, 1.82) is 0 Å². The standard InChI is InChI=1S/C25H25N5O/c1-18(2)19-13-15-22(16-14-19)25-27-29-30(28-25)17-23(31)26-24(20-9-5-3-6-10-20)21-11-7-4-8-12-21/h3-16,18,24H,17H2,1-2H3,(H,26,31). The van der Waals surface area contributed by atoms with E-state index in [-0.39, 0.29) is 18.5 Å². The van der Waals surface area contributed by atoms with Gasteiger partial charge in [-0.2, -0.15) is 4.80 Å². The zero-order valence-electron chi connectivity index (χ0n) is 17.6. The Morgan fingerprint density at radius 2 is 1.42 bits per heavy atom. The SMILES string of the molecule is CC(C)c1ccc(-c2nnn(CC(=O)NC(c3ccccc3)c3ccccc3)n2)cc1. The second kappa shape index (κ2) is 9.34. The molecule has 3 aromatic carbocycles. The lowest BCUT2D eigenvalue weighted by atomic mass is 9.99. The summed E-state index contributed by atoms with van der Waals surface area (Å²) < 4.78 is 0. The summed E-state index contributed by atoms with van der Waals surface area (Å²) >= 11 is 0. The van der Waals surface area contributed by atoms with Crippen LogP contribution >= 0.6 is 0 Å². The topological polar surface area (TPSA) is 72.7 Å².